The number of methoxy groups -OCH3 is 1. The van der Waals surface area contributed by atoms with Crippen LogP contribution in [-0.2, 0) is 14.3 Å². The smallest absolute Gasteiger partial charge is 0.328 e. The van der Waals surface area contributed by atoms with Gasteiger partial charge in [0.25, 0.3) is 0 Å². The Balaban J connectivity index is 1.90. The summed E-state index contributed by atoms with van der Waals surface area (Å²) in [7, 11) is 1.33. The molecule has 0 bridgehead atoms. The summed E-state index contributed by atoms with van der Waals surface area (Å²) in [5.41, 5.74) is 0. The molecule has 2 rings (SSSR count). The highest BCUT2D eigenvalue weighted by Gasteiger charge is 2.27. The standard InChI is InChI=1S/C15H25N5O3S/c1-4-10(2)13(14(22)23-3)16-12(21)9-24-15-17-18-19-20(15)11-7-5-6-8-11/h10-11,13H,4-9H2,1-3H3,(H,16,21). The molecule has 1 amide bonds. The summed E-state index contributed by atoms with van der Waals surface area (Å²) in [6.07, 6.45) is 5.29. The third kappa shape index (κ3) is 4.68. The number of nitrogens with zero attached hydrogens (tertiary/aromatic N) is 4. The van der Waals surface area contributed by atoms with Gasteiger partial charge in [-0.15, -0.1) is 5.10 Å². The van der Waals surface area contributed by atoms with Crippen LogP contribution in [0, 0.1) is 5.92 Å². The summed E-state index contributed by atoms with van der Waals surface area (Å²) in [5.74, 6) is -0.470. The number of nitrogens with one attached hydrogen (secondary N) is 1. The Kier molecular flexibility index (Phi) is 7.01. The van der Waals surface area contributed by atoms with E-state index in [-0.39, 0.29) is 17.6 Å². The highest BCUT2D eigenvalue weighted by molar-refractivity contribution is 7.99. The zero-order chi connectivity index (χ0) is 17.5. The molecule has 2 unspecified atom stereocenters. The van der Waals surface area contributed by atoms with E-state index in [1.54, 1.807) is 0 Å². The van der Waals surface area contributed by atoms with Crippen LogP contribution in [0.2, 0.25) is 0 Å². The van der Waals surface area contributed by atoms with E-state index in [0.29, 0.717) is 11.2 Å². The van der Waals surface area contributed by atoms with Crippen LogP contribution in [0.4, 0.5) is 0 Å². The number of amides is 1. The Morgan fingerprint density at radius 1 is 1.42 bits per heavy atom. The van der Waals surface area contributed by atoms with Gasteiger partial charge in [0.15, 0.2) is 0 Å². The molecule has 1 fully saturated rings. The molecule has 0 aromatic carbocycles. The van der Waals surface area contributed by atoms with E-state index in [1.807, 2.05) is 18.5 Å². The van der Waals surface area contributed by atoms with E-state index in [2.05, 4.69) is 20.8 Å². The van der Waals surface area contributed by atoms with Crippen molar-refractivity contribution < 1.29 is 14.3 Å². The highest BCUT2D eigenvalue weighted by Crippen LogP contribution is 2.31. The molecule has 0 saturated heterocycles. The zero-order valence-electron chi connectivity index (χ0n) is 14.4. The molecule has 2 atom stereocenters. The van der Waals surface area contributed by atoms with Crippen molar-refractivity contribution in [1.29, 1.82) is 0 Å². The minimum Gasteiger partial charge on any atom is -0.467 e. The number of hydrogen-bond acceptors (Lipinski definition) is 7. The van der Waals surface area contributed by atoms with E-state index in [4.69, 9.17) is 4.74 Å². The Morgan fingerprint density at radius 2 is 2.12 bits per heavy atom. The van der Waals surface area contributed by atoms with Gasteiger partial charge in [-0.3, -0.25) is 4.79 Å². The van der Waals surface area contributed by atoms with Gasteiger partial charge in [-0.1, -0.05) is 44.9 Å². The number of aromatic nitrogens is 4. The molecule has 1 heterocycles. The van der Waals surface area contributed by atoms with Gasteiger partial charge in [0.2, 0.25) is 11.1 Å². The fourth-order valence-electron chi connectivity index (χ4n) is 2.80. The highest BCUT2D eigenvalue weighted by atomic mass is 32.2. The van der Waals surface area contributed by atoms with Crippen molar-refractivity contribution in [2.24, 2.45) is 5.92 Å². The monoisotopic (exact) mass is 355 g/mol. The van der Waals surface area contributed by atoms with Crippen LogP contribution >= 0.6 is 11.8 Å². The normalized spacial score (nSPS) is 17.5. The molecule has 1 aliphatic rings. The van der Waals surface area contributed by atoms with Crippen molar-refractivity contribution in [2.45, 2.75) is 63.2 Å². The lowest BCUT2D eigenvalue weighted by molar-refractivity contribution is -0.146. The maximum absolute atomic E-state index is 12.2. The number of tetrazole rings is 1. The van der Waals surface area contributed by atoms with Crippen LogP contribution in [0.25, 0.3) is 0 Å². The van der Waals surface area contributed by atoms with E-state index < -0.39 is 12.0 Å². The number of carbonyl (C=O) groups is 2. The van der Waals surface area contributed by atoms with Gasteiger partial charge < -0.3 is 10.1 Å². The Labute approximate surface area is 146 Å². The first-order chi connectivity index (χ1) is 11.6. The topological polar surface area (TPSA) is 99.0 Å². The lowest BCUT2D eigenvalue weighted by Gasteiger charge is -2.21. The van der Waals surface area contributed by atoms with Crippen LogP contribution in [0.1, 0.15) is 52.0 Å². The maximum atomic E-state index is 12.2. The van der Waals surface area contributed by atoms with Crippen molar-refractivity contribution in [3.05, 3.63) is 0 Å². The van der Waals surface area contributed by atoms with Crippen LogP contribution in [0.3, 0.4) is 0 Å². The second-order valence-electron chi connectivity index (χ2n) is 6.09. The van der Waals surface area contributed by atoms with Gasteiger partial charge in [-0.05, 0) is 29.2 Å². The molecule has 1 aromatic heterocycles. The van der Waals surface area contributed by atoms with Crippen molar-refractivity contribution in [3.8, 4) is 0 Å². The van der Waals surface area contributed by atoms with Gasteiger partial charge in [0.1, 0.15) is 6.04 Å². The number of esters is 1. The Bertz CT molecular complexity index is 559. The molecule has 1 aromatic rings. The van der Waals surface area contributed by atoms with Crippen LogP contribution < -0.4 is 5.32 Å². The number of carbonyl (C=O) groups excluding carboxylic acids is 2. The maximum Gasteiger partial charge on any atom is 0.328 e. The predicted octanol–water partition coefficient (Wildman–Crippen LogP) is 1.58. The van der Waals surface area contributed by atoms with E-state index in [1.165, 1.54) is 31.7 Å². The van der Waals surface area contributed by atoms with E-state index in [0.717, 1.165) is 19.3 Å². The molecule has 24 heavy (non-hydrogen) atoms. The average Bonchev–Trinajstić information content (AvgIpc) is 3.26. The fraction of sp³-hybridized carbons (Fsp3) is 0.800. The average molecular weight is 355 g/mol. The van der Waals surface area contributed by atoms with Crippen LogP contribution in [0.15, 0.2) is 5.16 Å². The second kappa shape index (κ2) is 9.00. The van der Waals surface area contributed by atoms with Crippen LogP contribution in [0.5, 0.6) is 0 Å². The molecule has 1 aliphatic carbocycles. The minimum absolute atomic E-state index is 0.00945. The molecule has 0 aliphatic heterocycles. The van der Waals surface area contributed by atoms with Crippen molar-refractivity contribution in [2.75, 3.05) is 12.9 Å². The third-order valence-corrected chi connectivity index (χ3v) is 5.38. The number of rotatable bonds is 8. The molecule has 9 heteroatoms. The lowest BCUT2D eigenvalue weighted by Crippen LogP contribution is -2.46. The van der Waals surface area contributed by atoms with Crippen molar-refractivity contribution in [3.63, 3.8) is 0 Å². The molecular formula is C15H25N5O3S. The summed E-state index contributed by atoms with van der Waals surface area (Å²) < 4.78 is 6.59. The van der Waals surface area contributed by atoms with Crippen molar-refractivity contribution in [1.82, 2.24) is 25.5 Å². The summed E-state index contributed by atoms with van der Waals surface area (Å²) >= 11 is 1.29. The summed E-state index contributed by atoms with van der Waals surface area (Å²) in [6, 6.07) is -0.299. The first-order valence-corrected chi connectivity index (χ1v) is 9.33. The van der Waals surface area contributed by atoms with Gasteiger partial charge >= 0.3 is 5.97 Å². The molecule has 8 nitrogen and oxygen atoms in total. The van der Waals surface area contributed by atoms with Gasteiger partial charge in [-0.2, -0.15) is 0 Å². The van der Waals surface area contributed by atoms with Crippen LogP contribution in [-0.4, -0.2) is 51.0 Å². The lowest BCUT2D eigenvalue weighted by atomic mass is 9.99. The molecule has 0 radical (unpaired) electrons. The molecule has 1 saturated carbocycles. The first kappa shape index (κ1) is 18.7. The van der Waals surface area contributed by atoms with Gasteiger partial charge in [0.05, 0.1) is 18.9 Å². The predicted molar refractivity (Wildman–Crippen MR) is 89.4 cm³/mol. The summed E-state index contributed by atoms with van der Waals surface area (Å²) in [5, 5.41) is 15.2. The first-order valence-electron chi connectivity index (χ1n) is 8.34. The zero-order valence-corrected chi connectivity index (χ0v) is 15.2. The summed E-state index contributed by atoms with van der Waals surface area (Å²) in [6.45, 7) is 3.88. The quantitative estimate of drug-likeness (QED) is 0.558. The summed E-state index contributed by atoms with van der Waals surface area (Å²) in [4.78, 5) is 24.0. The fourth-order valence-corrected chi connectivity index (χ4v) is 3.56. The van der Waals surface area contributed by atoms with Gasteiger partial charge in [-0.25, -0.2) is 9.48 Å². The number of hydrogen-bond donors (Lipinski definition) is 1. The Hall–Kier alpha value is -1.64. The largest absolute Gasteiger partial charge is 0.467 e. The molecule has 134 valence electrons. The minimum atomic E-state index is -0.626. The van der Waals surface area contributed by atoms with E-state index >= 15 is 0 Å². The SMILES string of the molecule is CCC(C)C(NC(=O)CSc1nnnn1C1CCCC1)C(=O)OC. The van der Waals surface area contributed by atoms with E-state index in [9.17, 15) is 9.59 Å². The number of ether oxygens (including phenoxy) is 1. The Morgan fingerprint density at radius 3 is 2.75 bits per heavy atom. The molecule has 1 N–H and O–H groups in total. The molecular weight excluding hydrogens is 330 g/mol. The number of thioether (sulfide) groups is 1. The van der Waals surface area contributed by atoms with Crippen molar-refractivity contribution >= 4 is 23.6 Å². The van der Waals surface area contributed by atoms with Gasteiger partial charge in [0, 0.05) is 0 Å². The third-order valence-electron chi connectivity index (χ3n) is 4.45. The second-order valence-corrected chi connectivity index (χ2v) is 7.03. The molecule has 0 spiro atoms.